The lowest BCUT2D eigenvalue weighted by Crippen LogP contribution is -2.43. The van der Waals surface area contributed by atoms with Gasteiger partial charge in [0.05, 0.1) is 5.41 Å². The maximum absolute atomic E-state index is 13.5. The summed E-state index contributed by atoms with van der Waals surface area (Å²) in [5.74, 6) is -1.39. The number of nitrogens with two attached hydrogens (primary N) is 1. The molecule has 1 aromatic carbocycles. The Morgan fingerprint density at radius 1 is 1.41 bits per heavy atom. The Balaban J connectivity index is 1.97. The van der Waals surface area contributed by atoms with Gasteiger partial charge in [-0.2, -0.15) is 0 Å². The molecule has 2 aliphatic rings. The van der Waals surface area contributed by atoms with Crippen molar-refractivity contribution >= 4 is 17.5 Å². The van der Waals surface area contributed by atoms with Crippen molar-refractivity contribution in [2.45, 2.75) is 37.9 Å². The predicted octanol–water partition coefficient (Wildman–Crippen LogP) is 2.13. The van der Waals surface area contributed by atoms with Gasteiger partial charge in [0.1, 0.15) is 18.0 Å². The Bertz CT molecular complexity index is 612. The first-order valence-electron chi connectivity index (χ1n) is 7.29. The van der Waals surface area contributed by atoms with Crippen LogP contribution in [0.15, 0.2) is 24.3 Å². The van der Waals surface area contributed by atoms with Crippen LogP contribution in [0, 0.1) is 17.7 Å². The van der Waals surface area contributed by atoms with Gasteiger partial charge in [-0.3, -0.25) is 14.5 Å². The topological polar surface area (TPSA) is 63.4 Å². The van der Waals surface area contributed by atoms with Crippen LogP contribution in [0.1, 0.15) is 25.7 Å². The molecule has 0 bridgehead atoms. The molecular weight excluding hydrogens is 290 g/mol. The fourth-order valence-corrected chi connectivity index (χ4v) is 3.46. The van der Waals surface area contributed by atoms with Crippen molar-refractivity contribution in [2.24, 2.45) is 11.1 Å². The molecule has 22 heavy (non-hydrogen) atoms. The highest BCUT2D eigenvalue weighted by molar-refractivity contribution is 6.06. The van der Waals surface area contributed by atoms with E-state index in [9.17, 15) is 18.4 Å². The predicted molar refractivity (Wildman–Crippen MR) is 77.0 cm³/mol. The molecule has 117 valence electrons. The van der Waals surface area contributed by atoms with Crippen molar-refractivity contribution in [1.82, 2.24) is 0 Å². The summed E-state index contributed by atoms with van der Waals surface area (Å²) in [4.78, 5) is 25.9. The lowest BCUT2D eigenvalue weighted by Gasteiger charge is -2.32. The van der Waals surface area contributed by atoms with E-state index in [1.165, 1.54) is 29.5 Å². The van der Waals surface area contributed by atoms with Crippen LogP contribution < -0.4 is 10.6 Å². The van der Waals surface area contributed by atoms with E-state index in [2.05, 4.69) is 0 Å². The molecule has 2 N–H and O–H groups in total. The molecule has 1 saturated carbocycles. The van der Waals surface area contributed by atoms with Crippen LogP contribution in [-0.2, 0) is 9.59 Å². The smallest absolute Gasteiger partial charge is 0.240 e. The molecular formula is C16H17F2N2O2. The van der Waals surface area contributed by atoms with Gasteiger partial charge in [-0.25, -0.2) is 8.78 Å². The van der Waals surface area contributed by atoms with Crippen LogP contribution in [0.3, 0.4) is 0 Å². The van der Waals surface area contributed by atoms with E-state index in [1.54, 1.807) is 6.07 Å². The number of alkyl halides is 1. The van der Waals surface area contributed by atoms with Crippen LogP contribution in [0.4, 0.5) is 14.5 Å². The highest BCUT2D eigenvalue weighted by atomic mass is 19.1. The van der Waals surface area contributed by atoms with E-state index >= 15 is 0 Å². The first-order valence-corrected chi connectivity index (χ1v) is 7.29. The fraction of sp³-hybridized carbons (Fsp3) is 0.438. The average molecular weight is 307 g/mol. The summed E-state index contributed by atoms with van der Waals surface area (Å²) >= 11 is 0. The lowest BCUT2D eigenvalue weighted by atomic mass is 9.71. The molecule has 1 radical (unpaired) electrons. The van der Waals surface area contributed by atoms with Gasteiger partial charge in [0.2, 0.25) is 11.8 Å². The number of benzene rings is 1. The van der Waals surface area contributed by atoms with E-state index in [0.717, 1.165) is 0 Å². The third kappa shape index (κ3) is 2.36. The molecule has 1 heterocycles. The van der Waals surface area contributed by atoms with Crippen molar-refractivity contribution in [3.8, 4) is 0 Å². The van der Waals surface area contributed by atoms with Crippen LogP contribution in [0.25, 0.3) is 0 Å². The van der Waals surface area contributed by atoms with Crippen molar-refractivity contribution in [3.05, 3.63) is 36.5 Å². The number of rotatable bonds is 2. The van der Waals surface area contributed by atoms with E-state index in [-0.39, 0.29) is 25.2 Å². The number of anilines is 1. The first-order chi connectivity index (χ1) is 10.4. The zero-order valence-corrected chi connectivity index (χ0v) is 12.0. The third-order valence-corrected chi connectivity index (χ3v) is 4.65. The molecule has 2 amide bonds. The van der Waals surface area contributed by atoms with E-state index in [4.69, 9.17) is 5.73 Å². The molecule has 1 spiro atoms. The SMILES string of the molecule is NC(=O)C1CC2(C[CH]C(F)CC2)C(=O)N1c1cccc(F)c1. The quantitative estimate of drug-likeness (QED) is 0.909. The number of hydrogen-bond acceptors (Lipinski definition) is 2. The molecule has 1 aliphatic heterocycles. The number of amides is 2. The Kier molecular flexibility index (Phi) is 3.62. The zero-order chi connectivity index (χ0) is 15.9. The van der Waals surface area contributed by atoms with Crippen molar-refractivity contribution in [2.75, 3.05) is 4.90 Å². The van der Waals surface area contributed by atoms with Gasteiger partial charge >= 0.3 is 0 Å². The molecule has 2 fully saturated rings. The first kappa shape index (κ1) is 14.9. The van der Waals surface area contributed by atoms with Gasteiger partial charge in [0.15, 0.2) is 0 Å². The van der Waals surface area contributed by atoms with Gasteiger partial charge in [0.25, 0.3) is 0 Å². The fourth-order valence-electron chi connectivity index (χ4n) is 3.46. The molecule has 0 aromatic heterocycles. The number of primary amides is 1. The van der Waals surface area contributed by atoms with Gasteiger partial charge in [-0.05, 0) is 50.3 Å². The second kappa shape index (κ2) is 5.34. The van der Waals surface area contributed by atoms with Crippen LogP contribution in [0.5, 0.6) is 0 Å². The molecule has 6 heteroatoms. The minimum Gasteiger partial charge on any atom is -0.368 e. The van der Waals surface area contributed by atoms with Gasteiger partial charge < -0.3 is 5.73 Å². The summed E-state index contributed by atoms with van der Waals surface area (Å²) in [5, 5.41) is 0. The lowest BCUT2D eigenvalue weighted by molar-refractivity contribution is -0.127. The van der Waals surface area contributed by atoms with Crippen LogP contribution in [-0.4, -0.2) is 24.0 Å². The van der Waals surface area contributed by atoms with Crippen molar-refractivity contribution < 1.29 is 18.4 Å². The number of halogens is 2. The second-order valence-electron chi connectivity index (χ2n) is 6.05. The summed E-state index contributed by atoms with van der Waals surface area (Å²) in [6.45, 7) is 0. The molecule has 1 aromatic rings. The maximum Gasteiger partial charge on any atom is 0.240 e. The molecule has 3 atom stereocenters. The highest BCUT2D eigenvalue weighted by Crippen LogP contribution is 2.48. The molecule has 3 rings (SSSR count). The van der Waals surface area contributed by atoms with Gasteiger partial charge in [-0.1, -0.05) is 6.07 Å². The second-order valence-corrected chi connectivity index (χ2v) is 6.05. The normalized spacial score (nSPS) is 31.7. The van der Waals surface area contributed by atoms with E-state index < -0.39 is 29.4 Å². The largest absolute Gasteiger partial charge is 0.368 e. The third-order valence-electron chi connectivity index (χ3n) is 4.65. The maximum atomic E-state index is 13.5. The summed E-state index contributed by atoms with van der Waals surface area (Å²) < 4.78 is 26.8. The van der Waals surface area contributed by atoms with Crippen molar-refractivity contribution in [3.63, 3.8) is 0 Å². The van der Waals surface area contributed by atoms with Gasteiger partial charge in [-0.15, -0.1) is 0 Å². The Hall–Kier alpha value is -1.98. The Morgan fingerprint density at radius 2 is 2.18 bits per heavy atom. The standard InChI is InChI=1S/C16H17F2N2O2/c17-10-4-6-16(7-5-10)9-13(14(19)21)20(15(16)22)12-3-1-2-11(18)8-12/h1-4,8,10,13H,5-7,9H2,(H2,19,21). The Labute approximate surface area is 127 Å². The summed E-state index contributed by atoms with van der Waals surface area (Å²) in [6.07, 6.45) is 1.62. The number of carbonyl (C=O) groups is 2. The van der Waals surface area contributed by atoms with Crippen LogP contribution in [0.2, 0.25) is 0 Å². The van der Waals surface area contributed by atoms with Crippen LogP contribution >= 0.6 is 0 Å². The number of carbonyl (C=O) groups excluding carboxylic acids is 2. The summed E-state index contributed by atoms with van der Waals surface area (Å²) in [6, 6.07) is 4.70. The molecule has 3 unspecified atom stereocenters. The van der Waals surface area contributed by atoms with E-state index in [1.807, 2.05) is 0 Å². The molecule has 4 nitrogen and oxygen atoms in total. The van der Waals surface area contributed by atoms with Gasteiger partial charge in [0, 0.05) is 5.69 Å². The number of hydrogen-bond donors (Lipinski definition) is 1. The van der Waals surface area contributed by atoms with E-state index in [0.29, 0.717) is 12.1 Å². The highest BCUT2D eigenvalue weighted by Gasteiger charge is 2.54. The summed E-state index contributed by atoms with van der Waals surface area (Å²) in [5.41, 5.74) is 4.95. The minimum absolute atomic E-state index is 0.251. The average Bonchev–Trinajstić information content (AvgIpc) is 2.76. The molecule has 1 aliphatic carbocycles. The monoisotopic (exact) mass is 307 g/mol. The molecule has 1 saturated heterocycles. The minimum atomic E-state index is -1.02. The van der Waals surface area contributed by atoms with Crippen molar-refractivity contribution in [1.29, 1.82) is 0 Å². The zero-order valence-electron chi connectivity index (χ0n) is 12.0. The number of nitrogens with zero attached hydrogens (tertiary/aromatic N) is 1. The Morgan fingerprint density at radius 3 is 2.77 bits per heavy atom. The summed E-state index contributed by atoms with van der Waals surface area (Å²) in [7, 11) is 0.